The van der Waals surface area contributed by atoms with Gasteiger partial charge in [-0.05, 0) is 27.6 Å². The molecule has 13 heavy (non-hydrogen) atoms. The molecule has 0 aliphatic carbocycles. The highest BCUT2D eigenvalue weighted by Gasteiger charge is 2.01. The highest BCUT2D eigenvalue weighted by atomic mass is 79.9. The van der Waals surface area contributed by atoms with Gasteiger partial charge in [0, 0.05) is 5.56 Å². The average molecular weight is 235 g/mol. The molecule has 1 heterocycles. The van der Waals surface area contributed by atoms with Gasteiger partial charge in [0.15, 0.2) is 0 Å². The van der Waals surface area contributed by atoms with Crippen molar-refractivity contribution in [2.45, 2.75) is 0 Å². The van der Waals surface area contributed by atoms with Crippen molar-refractivity contribution in [2.24, 2.45) is 0 Å². The second-order valence-electron chi connectivity index (χ2n) is 2.60. The molecular weight excluding hydrogens is 228 g/mol. The Bertz CT molecular complexity index is 401. The Morgan fingerprint density at radius 2 is 1.77 bits per heavy atom. The lowest BCUT2D eigenvalue weighted by molar-refractivity contribution is 1.01. The molecule has 0 atom stereocenters. The Morgan fingerprint density at radius 3 is 2.46 bits per heavy atom. The van der Waals surface area contributed by atoms with E-state index in [1.807, 2.05) is 36.4 Å². The van der Waals surface area contributed by atoms with Crippen molar-refractivity contribution in [2.75, 3.05) is 0 Å². The minimum Gasteiger partial charge on any atom is -0.158 e. The van der Waals surface area contributed by atoms with E-state index in [9.17, 15) is 0 Å². The predicted molar refractivity (Wildman–Crippen MR) is 55.2 cm³/mol. The third-order valence-corrected chi connectivity index (χ3v) is 2.35. The van der Waals surface area contributed by atoms with Crippen LogP contribution in [0.1, 0.15) is 0 Å². The molecule has 2 aromatic rings. The number of benzene rings is 1. The molecule has 2 nitrogen and oxygen atoms in total. The molecule has 0 fully saturated rings. The first-order chi connectivity index (χ1) is 6.38. The standard InChI is InChI=1S/C10H7BrN2/c11-10-9(6-7-12-13-10)8-4-2-1-3-5-8/h1-7H. The lowest BCUT2D eigenvalue weighted by Crippen LogP contribution is -1.85. The summed E-state index contributed by atoms with van der Waals surface area (Å²) in [7, 11) is 0. The first-order valence-corrected chi connectivity index (χ1v) is 4.70. The molecular formula is C10H7BrN2. The van der Waals surface area contributed by atoms with E-state index < -0.39 is 0 Å². The molecule has 0 radical (unpaired) electrons. The zero-order valence-corrected chi connectivity index (χ0v) is 8.40. The van der Waals surface area contributed by atoms with E-state index in [0.717, 1.165) is 15.7 Å². The van der Waals surface area contributed by atoms with Crippen molar-refractivity contribution in [3.05, 3.63) is 47.2 Å². The van der Waals surface area contributed by atoms with Gasteiger partial charge in [0.1, 0.15) is 4.60 Å². The molecule has 64 valence electrons. The van der Waals surface area contributed by atoms with Gasteiger partial charge in [-0.25, -0.2) is 0 Å². The summed E-state index contributed by atoms with van der Waals surface area (Å²) in [6, 6.07) is 12.0. The molecule has 0 aliphatic rings. The van der Waals surface area contributed by atoms with Crippen molar-refractivity contribution < 1.29 is 0 Å². The highest BCUT2D eigenvalue weighted by Crippen LogP contribution is 2.24. The van der Waals surface area contributed by atoms with Crippen molar-refractivity contribution in [1.82, 2.24) is 10.2 Å². The van der Waals surface area contributed by atoms with Gasteiger partial charge in [0.05, 0.1) is 6.20 Å². The number of hydrogen-bond acceptors (Lipinski definition) is 2. The number of halogens is 1. The summed E-state index contributed by atoms with van der Waals surface area (Å²) >= 11 is 3.36. The van der Waals surface area contributed by atoms with Crippen LogP contribution in [0.25, 0.3) is 11.1 Å². The van der Waals surface area contributed by atoms with Gasteiger partial charge in [-0.2, -0.15) is 5.10 Å². The SMILES string of the molecule is Brc1nnccc1-c1ccccc1. The van der Waals surface area contributed by atoms with Crippen LogP contribution in [0.15, 0.2) is 47.2 Å². The summed E-state index contributed by atoms with van der Waals surface area (Å²) in [6.45, 7) is 0. The summed E-state index contributed by atoms with van der Waals surface area (Å²) < 4.78 is 0.779. The van der Waals surface area contributed by atoms with Crippen LogP contribution in [0, 0.1) is 0 Å². The molecule has 0 saturated carbocycles. The van der Waals surface area contributed by atoms with Crippen LogP contribution in [-0.2, 0) is 0 Å². The molecule has 2 rings (SSSR count). The fraction of sp³-hybridized carbons (Fsp3) is 0. The largest absolute Gasteiger partial charge is 0.158 e. The Hall–Kier alpha value is -1.22. The van der Waals surface area contributed by atoms with Crippen molar-refractivity contribution in [3.63, 3.8) is 0 Å². The van der Waals surface area contributed by atoms with Crippen LogP contribution in [0.5, 0.6) is 0 Å². The topological polar surface area (TPSA) is 25.8 Å². The summed E-state index contributed by atoms with van der Waals surface area (Å²) in [5, 5.41) is 7.70. The molecule has 0 bridgehead atoms. The van der Waals surface area contributed by atoms with Gasteiger partial charge in [0.25, 0.3) is 0 Å². The summed E-state index contributed by atoms with van der Waals surface area (Å²) in [5.41, 5.74) is 2.21. The lowest BCUT2D eigenvalue weighted by atomic mass is 10.1. The third kappa shape index (κ3) is 1.75. The zero-order chi connectivity index (χ0) is 9.10. The smallest absolute Gasteiger partial charge is 0.136 e. The summed E-state index contributed by atoms with van der Waals surface area (Å²) in [4.78, 5) is 0. The van der Waals surface area contributed by atoms with Gasteiger partial charge < -0.3 is 0 Å². The molecule has 0 unspecified atom stereocenters. The maximum absolute atomic E-state index is 3.92. The summed E-state index contributed by atoms with van der Waals surface area (Å²) in [6.07, 6.45) is 1.69. The van der Waals surface area contributed by atoms with Crippen molar-refractivity contribution in [1.29, 1.82) is 0 Å². The van der Waals surface area contributed by atoms with E-state index in [0.29, 0.717) is 0 Å². The van der Waals surface area contributed by atoms with E-state index in [1.165, 1.54) is 0 Å². The van der Waals surface area contributed by atoms with Crippen molar-refractivity contribution in [3.8, 4) is 11.1 Å². The van der Waals surface area contributed by atoms with Gasteiger partial charge in [-0.15, -0.1) is 5.10 Å². The molecule has 0 N–H and O–H groups in total. The summed E-state index contributed by atoms with van der Waals surface area (Å²) in [5.74, 6) is 0. The van der Waals surface area contributed by atoms with Crippen molar-refractivity contribution >= 4 is 15.9 Å². The van der Waals surface area contributed by atoms with E-state index in [2.05, 4.69) is 26.1 Å². The highest BCUT2D eigenvalue weighted by molar-refractivity contribution is 9.10. The van der Waals surface area contributed by atoms with Gasteiger partial charge in [-0.3, -0.25) is 0 Å². The minimum atomic E-state index is 0.779. The van der Waals surface area contributed by atoms with Crippen LogP contribution in [0.4, 0.5) is 0 Å². The Balaban J connectivity index is 2.54. The normalized spacial score (nSPS) is 9.92. The molecule has 0 amide bonds. The van der Waals surface area contributed by atoms with E-state index >= 15 is 0 Å². The van der Waals surface area contributed by atoms with Crippen LogP contribution in [0.3, 0.4) is 0 Å². The first kappa shape index (κ1) is 8.38. The first-order valence-electron chi connectivity index (χ1n) is 3.90. The third-order valence-electron chi connectivity index (χ3n) is 1.76. The fourth-order valence-electron chi connectivity index (χ4n) is 1.15. The Kier molecular flexibility index (Phi) is 2.36. The monoisotopic (exact) mass is 234 g/mol. The lowest BCUT2D eigenvalue weighted by Gasteiger charge is -2.01. The minimum absolute atomic E-state index is 0.779. The number of aromatic nitrogens is 2. The molecule has 1 aromatic heterocycles. The Morgan fingerprint density at radius 1 is 1.00 bits per heavy atom. The molecule has 3 heteroatoms. The number of hydrogen-bond donors (Lipinski definition) is 0. The van der Waals surface area contributed by atoms with Crippen LogP contribution in [0.2, 0.25) is 0 Å². The van der Waals surface area contributed by atoms with Crippen LogP contribution in [-0.4, -0.2) is 10.2 Å². The molecule has 0 aliphatic heterocycles. The van der Waals surface area contributed by atoms with Gasteiger partial charge >= 0.3 is 0 Å². The zero-order valence-electron chi connectivity index (χ0n) is 6.81. The fourth-order valence-corrected chi connectivity index (χ4v) is 1.60. The van der Waals surface area contributed by atoms with Gasteiger partial charge in [0.2, 0.25) is 0 Å². The molecule has 1 aromatic carbocycles. The van der Waals surface area contributed by atoms with E-state index in [-0.39, 0.29) is 0 Å². The van der Waals surface area contributed by atoms with Gasteiger partial charge in [-0.1, -0.05) is 30.3 Å². The second-order valence-corrected chi connectivity index (χ2v) is 3.35. The van der Waals surface area contributed by atoms with Crippen LogP contribution >= 0.6 is 15.9 Å². The average Bonchev–Trinajstić information content (AvgIpc) is 2.20. The Labute approximate surface area is 84.8 Å². The second kappa shape index (κ2) is 3.66. The number of nitrogens with zero attached hydrogens (tertiary/aromatic N) is 2. The van der Waals surface area contributed by atoms with E-state index in [4.69, 9.17) is 0 Å². The maximum atomic E-state index is 3.92. The quantitative estimate of drug-likeness (QED) is 0.759. The predicted octanol–water partition coefficient (Wildman–Crippen LogP) is 2.91. The molecule has 0 saturated heterocycles. The maximum Gasteiger partial charge on any atom is 0.136 e. The number of rotatable bonds is 1. The van der Waals surface area contributed by atoms with E-state index in [1.54, 1.807) is 6.20 Å². The van der Waals surface area contributed by atoms with Crippen LogP contribution < -0.4 is 0 Å². The molecule has 0 spiro atoms.